The van der Waals surface area contributed by atoms with Crippen LogP contribution in [-0.2, 0) is 18.3 Å². The van der Waals surface area contributed by atoms with Crippen molar-refractivity contribution in [3.63, 3.8) is 0 Å². The van der Waals surface area contributed by atoms with Crippen molar-refractivity contribution in [2.24, 2.45) is 13.0 Å². The summed E-state index contributed by atoms with van der Waals surface area (Å²) in [6.07, 6.45) is 5.01. The molecule has 1 fully saturated rings. The Kier molecular flexibility index (Phi) is 6.63. The summed E-state index contributed by atoms with van der Waals surface area (Å²) in [5.41, 5.74) is 3.41. The first-order chi connectivity index (χ1) is 11.0. The second kappa shape index (κ2) is 8.48. The zero-order valence-electron chi connectivity index (χ0n) is 15.2. The van der Waals surface area contributed by atoms with Gasteiger partial charge in [-0.05, 0) is 70.6 Å². The highest BCUT2D eigenvalue weighted by atomic mass is 16.1. The van der Waals surface area contributed by atoms with Gasteiger partial charge in [0.1, 0.15) is 0 Å². The molecule has 1 N–H and O–H groups in total. The van der Waals surface area contributed by atoms with Crippen LogP contribution in [-0.4, -0.2) is 46.8 Å². The predicted octanol–water partition coefficient (Wildman–Crippen LogP) is 2.21. The summed E-state index contributed by atoms with van der Waals surface area (Å²) in [6, 6.07) is 0. The van der Waals surface area contributed by atoms with Crippen LogP contribution in [0.25, 0.3) is 0 Å². The highest BCUT2D eigenvalue weighted by molar-refractivity contribution is 5.76. The lowest BCUT2D eigenvalue weighted by Gasteiger charge is -2.30. The average Bonchev–Trinajstić information content (AvgIpc) is 2.76. The number of rotatable bonds is 7. The third kappa shape index (κ3) is 5.34. The molecule has 0 spiro atoms. The number of nitrogens with one attached hydrogen (secondary N) is 1. The third-order valence-electron chi connectivity index (χ3n) is 5.11. The minimum absolute atomic E-state index is 0.153. The molecule has 1 aromatic rings. The van der Waals surface area contributed by atoms with Crippen molar-refractivity contribution in [3.05, 3.63) is 17.0 Å². The molecule has 0 unspecified atom stereocenters. The van der Waals surface area contributed by atoms with Crippen molar-refractivity contribution in [1.29, 1.82) is 0 Å². The fourth-order valence-corrected chi connectivity index (χ4v) is 3.32. The summed E-state index contributed by atoms with van der Waals surface area (Å²) in [7, 11) is 1.95. The molecule has 1 saturated heterocycles. The van der Waals surface area contributed by atoms with Crippen molar-refractivity contribution in [2.75, 3.05) is 26.2 Å². The number of piperidine rings is 1. The average molecular weight is 320 g/mol. The van der Waals surface area contributed by atoms with E-state index in [1.165, 1.54) is 31.5 Å². The Bertz CT molecular complexity index is 515. The van der Waals surface area contributed by atoms with Crippen LogP contribution in [0.2, 0.25) is 0 Å². The molecule has 130 valence electrons. The molecule has 2 heterocycles. The molecule has 1 aromatic heterocycles. The van der Waals surface area contributed by atoms with Crippen LogP contribution in [0.15, 0.2) is 0 Å². The van der Waals surface area contributed by atoms with E-state index in [0.717, 1.165) is 43.2 Å². The summed E-state index contributed by atoms with van der Waals surface area (Å²) >= 11 is 0. The quantitative estimate of drug-likeness (QED) is 0.784. The lowest BCUT2D eigenvalue weighted by Crippen LogP contribution is -2.35. The topological polar surface area (TPSA) is 50.2 Å². The van der Waals surface area contributed by atoms with Crippen LogP contribution in [0.5, 0.6) is 0 Å². The first-order valence-electron chi connectivity index (χ1n) is 8.95. The minimum atomic E-state index is 0.153. The Hall–Kier alpha value is -1.36. The number of carbonyl (C=O) groups excluding carboxylic acids is 1. The van der Waals surface area contributed by atoms with Gasteiger partial charge in [-0.2, -0.15) is 5.10 Å². The van der Waals surface area contributed by atoms with E-state index in [-0.39, 0.29) is 5.91 Å². The molecular formula is C18H32N4O. The fourth-order valence-electron chi connectivity index (χ4n) is 3.32. The van der Waals surface area contributed by atoms with Crippen LogP contribution in [0, 0.1) is 19.8 Å². The van der Waals surface area contributed by atoms with Crippen molar-refractivity contribution < 1.29 is 4.79 Å². The molecule has 23 heavy (non-hydrogen) atoms. The van der Waals surface area contributed by atoms with E-state index in [9.17, 15) is 4.79 Å². The van der Waals surface area contributed by atoms with Crippen molar-refractivity contribution in [3.8, 4) is 0 Å². The molecule has 2 rings (SSSR count). The monoisotopic (exact) mass is 320 g/mol. The van der Waals surface area contributed by atoms with Gasteiger partial charge in [-0.15, -0.1) is 0 Å². The van der Waals surface area contributed by atoms with Crippen LogP contribution in [0.1, 0.15) is 49.6 Å². The SMILES string of the molecule is Cc1nn(C)c(C)c1CCC(=O)NCCCN1CCC(C)CC1. The number of hydrogen-bond donors (Lipinski definition) is 1. The molecule has 1 aliphatic heterocycles. The maximum atomic E-state index is 12.0. The number of nitrogens with zero attached hydrogens (tertiary/aromatic N) is 3. The van der Waals surface area contributed by atoms with Crippen LogP contribution in [0.3, 0.4) is 0 Å². The van der Waals surface area contributed by atoms with E-state index in [2.05, 4.69) is 29.2 Å². The van der Waals surface area contributed by atoms with Crippen molar-refractivity contribution in [1.82, 2.24) is 20.0 Å². The largest absolute Gasteiger partial charge is 0.356 e. The minimum Gasteiger partial charge on any atom is -0.356 e. The number of aromatic nitrogens is 2. The molecule has 0 radical (unpaired) electrons. The van der Waals surface area contributed by atoms with Gasteiger partial charge in [0.05, 0.1) is 5.69 Å². The fraction of sp³-hybridized carbons (Fsp3) is 0.778. The second-order valence-electron chi connectivity index (χ2n) is 7.00. The maximum Gasteiger partial charge on any atom is 0.220 e. The Balaban J connectivity index is 1.60. The van der Waals surface area contributed by atoms with Gasteiger partial charge in [-0.25, -0.2) is 0 Å². The van der Waals surface area contributed by atoms with Gasteiger partial charge in [-0.3, -0.25) is 9.48 Å². The summed E-state index contributed by atoms with van der Waals surface area (Å²) in [5.74, 6) is 1.03. The van der Waals surface area contributed by atoms with E-state index >= 15 is 0 Å². The first-order valence-corrected chi connectivity index (χ1v) is 8.95. The number of carbonyl (C=O) groups is 1. The second-order valence-corrected chi connectivity index (χ2v) is 7.00. The Labute approximate surface area is 140 Å². The summed E-state index contributed by atoms with van der Waals surface area (Å²) in [4.78, 5) is 14.5. The van der Waals surface area contributed by atoms with Crippen molar-refractivity contribution >= 4 is 5.91 Å². The predicted molar refractivity (Wildman–Crippen MR) is 93.5 cm³/mol. The van der Waals surface area contributed by atoms with Gasteiger partial charge in [0.25, 0.3) is 0 Å². The number of hydrogen-bond acceptors (Lipinski definition) is 3. The Morgan fingerprint density at radius 1 is 1.30 bits per heavy atom. The third-order valence-corrected chi connectivity index (χ3v) is 5.11. The van der Waals surface area contributed by atoms with Gasteiger partial charge in [0.15, 0.2) is 0 Å². The first kappa shape index (κ1) is 18.0. The maximum absolute atomic E-state index is 12.0. The van der Waals surface area contributed by atoms with Gasteiger partial charge in [0.2, 0.25) is 5.91 Å². The standard InChI is InChI=1S/C18H32N4O/c1-14-8-12-22(13-9-14)11-5-10-19-18(23)7-6-17-15(2)20-21(4)16(17)3/h14H,5-13H2,1-4H3,(H,19,23). The molecule has 5 heteroatoms. The van der Waals surface area contributed by atoms with Gasteiger partial charge >= 0.3 is 0 Å². The smallest absolute Gasteiger partial charge is 0.220 e. The molecule has 0 aliphatic carbocycles. The molecule has 0 saturated carbocycles. The van der Waals surface area contributed by atoms with Crippen molar-refractivity contribution in [2.45, 2.75) is 52.9 Å². The van der Waals surface area contributed by atoms with Crippen LogP contribution in [0.4, 0.5) is 0 Å². The van der Waals surface area contributed by atoms with Crippen LogP contribution < -0.4 is 5.32 Å². The molecule has 5 nitrogen and oxygen atoms in total. The summed E-state index contributed by atoms with van der Waals surface area (Å²) in [5, 5.41) is 7.45. The van der Waals surface area contributed by atoms with Gasteiger partial charge in [-0.1, -0.05) is 6.92 Å². The van der Waals surface area contributed by atoms with E-state index in [4.69, 9.17) is 0 Å². The zero-order valence-corrected chi connectivity index (χ0v) is 15.2. The summed E-state index contributed by atoms with van der Waals surface area (Å²) in [6.45, 7) is 10.7. The molecular weight excluding hydrogens is 288 g/mol. The lowest BCUT2D eigenvalue weighted by atomic mass is 9.99. The van der Waals surface area contributed by atoms with E-state index < -0.39 is 0 Å². The normalized spacial score (nSPS) is 16.7. The van der Waals surface area contributed by atoms with E-state index in [0.29, 0.717) is 6.42 Å². The van der Waals surface area contributed by atoms with Gasteiger partial charge < -0.3 is 10.2 Å². The van der Waals surface area contributed by atoms with Gasteiger partial charge in [0, 0.05) is 25.7 Å². The molecule has 1 amide bonds. The summed E-state index contributed by atoms with van der Waals surface area (Å²) < 4.78 is 1.89. The number of likely N-dealkylation sites (tertiary alicyclic amines) is 1. The number of amides is 1. The molecule has 0 atom stereocenters. The molecule has 1 aliphatic rings. The van der Waals surface area contributed by atoms with Crippen LogP contribution >= 0.6 is 0 Å². The Morgan fingerprint density at radius 2 is 2.00 bits per heavy atom. The zero-order chi connectivity index (χ0) is 16.8. The van der Waals surface area contributed by atoms with E-state index in [1.54, 1.807) is 0 Å². The molecule has 0 aromatic carbocycles. The lowest BCUT2D eigenvalue weighted by molar-refractivity contribution is -0.121. The highest BCUT2D eigenvalue weighted by Gasteiger charge is 2.15. The molecule has 0 bridgehead atoms. The Morgan fingerprint density at radius 3 is 2.61 bits per heavy atom. The van der Waals surface area contributed by atoms with E-state index in [1.807, 2.05) is 18.7 Å². The number of aryl methyl sites for hydroxylation is 2. The highest BCUT2D eigenvalue weighted by Crippen LogP contribution is 2.16.